The number of hydrogen-bond donors (Lipinski definition) is 2. The van der Waals surface area contributed by atoms with Crippen LogP contribution in [0.2, 0.25) is 0 Å². The molecule has 1 aliphatic heterocycles. The predicted molar refractivity (Wildman–Crippen MR) is 128 cm³/mol. The van der Waals surface area contributed by atoms with E-state index < -0.39 is 17.5 Å². The van der Waals surface area contributed by atoms with Gasteiger partial charge in [0.05, 0.1) is 18.8 Å². The molecule has 1 saturated heterocycles. The smallest absolute Gasteiger partial charge is 0.378 e. The number of fused-ring (bicyclic) bond motifs is 1. The maximum Gasteiger partial charge on any atom is 0.416 e. The standard InChI is InChI=1S/C24H22F3N7O2/c1-15(35)16-10-17(24(25,26)27)12-19(11-16)30-23-31-20(14-22(32-23)34-6-8-36-9-7-34)29-18-2-4-33-5-3-28-21(33)13-18/h2-5,10-14H,6-9H2,1H3,(H2,29,30,31,32). The van der Waals surface area contributed by atoms with E-state index in [9.17, 15) is 18.0 Å². The second-order valence-corrected chi connectivity index (χ2v) is 8.25. The monoisotopic (exact) mass is 497 g/mol. The molecule has 0 amide bonds. The second-order valence-electron chi connectivity index (χ2n) is 8.25. The third kappa shape index (κ3) is 5.23. The number of Topliss-reactive ketones (excluding diaryl/α,β-unsaturated/α-hetero) is 1. The molecule has 4 heterocycles. The zero-order chi connectivity index (χ0) is 25.3. The van der Waals surface area contributed by atoms with E-state index in [0.29, 0.717) is 37.9 Å². The summed E-state index contributed by atoms with van der Waals surface area (Å²) in [5.74, 6) is 0.615. The topological polar surface area (TPSA) is 96.7 Å². The van der Waals surface area contributed by atoms with Crippen molar-refractivity contribution in [1.82, 2.24) is 19.4 Å². The van der Waals surface area contributed by atoms with Crippen LogP contribution in [0.1, 0.15) is 22.8 Å². The molecule has 5 rings (SSSR count). The largest absolute Gasteiger partial charge is 0.416 e. The Kier molecular flexibility index (Phi) is 6.18. The lowest BCUT2D eigenvalue weighted by Gasteiger charge is -2.28. The first-order valence-electron chi connectivity index (χ1n) is 11.2. The van der Waals surface area contributed by atoms with Gasteiger partial charge in [0.1, 0.15) is 17.3 Å². The molecule has 1 fully saturated rings. The lowest BCUT2D eigenvalue weighted by Crippen LogP contribution is -2.36. The van der Waals surface area contributed by atoms with Crippen LogP contribution >= 0.6 is 0 Å². The molecule has 1 aliphatic rings. The number of carbonyl (C=O) groups excluding carboxylic acids is 1. The Hall–Kier alpha value is -4.19. The van der Waals surface area contributed by atoms with Crippen molar-refractivity contribution in [3.05, 3.63) is 66.1 Å². The van der Waals surface area contributed by atoms with Crippen LogP contribution in [0, 0.1) is 0 Å². The van der Waals surface area contributed by atoms with E-state index in [-0.39, 0.29) is 17.2 Å². The van der Waals surface area contributed by atoms with Crippen LogP contribution < -0.4 is 15.5 Å². The van der Waals surface area contributed by atoms with Crippen LogP contribution in [-0.2, 0) is 10.9 Å². The minimum absolute atomic E-state index is 0.0545. The predicted octanol–water partition coefficient (Wildman–Crippen LogP) is 4.67. The molecule has 0 radical (unpaired) electrons. The average molecular weight is 497 g/mol. The maximum absolute atomic E-state index is 13.4. The van der Waals surface area contributed by atoms with E-state index in [0.717, 1.165) is 23.5 Å². The SMILES string of the molecule is CC(=O)c1cc(Nc2nc(Nc3ccn4ccnc4c3)cc(N3CCOCC3)n2)cc(C(F)(F)F)c1. The number of anilines is 5. The van der Waals surface area contributed by atoms with Crippen molar-refractivity contribution in [2.75, 3.05) is 41.8 Å². The molecule has 186 valence electrons. The molecule has 0 saturated carbocycles. The van der Waals surface area contributed by atoms with Gasteiger partial charge in [-0.15, -0.1) is 0 Å². The first-order valence-corrected chi connectivity index (χ1v) is 11.2. The average Bonchev–Trinajstić information content (AvgIpc) is 3.32. The highest BCUT2D eigenvalue weighted by atomic mass is 19.4. The highest BCUT2D eigenvalue weighted by Gasteiger charge is 2.31. The number of nitrogens with zero attached hydrogens (tertiary/aromatic N) is 5. The highest BCUT2D eigenvalue weighted by Crippen LogP contribution is 2.33. The summed E-state index contributed by atoms with van der Waals surface area (Å²) < 4.78 is 47.6. The lowest BCUT2D eigenvalue weighted by molar-refractivity contribution is -0.137. The Morgan fingerprint density at radius 3 is 2.56 bits per heavy atom. The minimum Gasteiger partial charge on any atom is -0.378 e. The van der Waals surface area contributed by atoms with Gasteiger partial charge >= 0.3 is 6.18 Å². The van der Waals surface area contributed by atoms with Crippen molar-refractivity contribution in [3.63, 3.8) is 0 Å². The van der Waals surface area contributed by atoms with Crippen LogP contribution in [0.4, 0.5) is 42.1 Å². The molecule has 12 heteroatoms. The minimum atomic E-state index is -4.61. The van der Waals surface area contributed by atoms with Crippen molar-refractivity contribution in [2.45, 2.75) is 13.1 Å². The van der Waals surface area contributed by atoms with Crippen molar-refractivity contribution >= 4 is 40.4 Å². The summed E-state index contributed by atoms with van der Waals surface area (Å²) in [5.41, 5.74) is 0.515. The van der Waals surface area contributed by atoms with Gasteiger partial charge in [-0.3, -0.25) is 4.79 Å². The number of ether oxygens (including phenoxy) is 1. The van der Waals surface area contributed by atoms with Gasteiger partial charge in [0, 0.05) is 60.8 Å². The third-order valence-corrected chi connectivity index (χ3v) is 5.64. The van der Waals surface area contributed by atoms with Crippen molar-refractivity contribution < 1.29 is 22.7 Å². The fourth-order valence-corrected chi connectivity index (χ4v) is 3.84. The molecular weight excluding hydrogens is 475 g/mol. The number of morpholine rings is 1. The van der Waals surface area contributed by atoms with Crippen molar-refractivity contribution in [2.24, 2.45) is 0 Å². The number of nitrogens with one attached hydrogen (secondary N) is 2. The van der Waals surface area contributed by atoms with Gasteiger partial charge in [0.25, 0.3) is 0 Å². The van der Waals surface area contributed by atoms with E-state index in [2.05, 4.69) is 25.6 Å². The number of pyridine rings is 1. The number of benzene rings is 1. The quantitative estimate of drug-likeness (QED) is 0.371. The zero-order valence-corrected chi connectivity index (χ0v) is 19.2. The van der Waals surface area contributed by atoms with Crippen LogP contribution in [-0.4, -0.2) is 51.4 Å². The molecule has 0 aliphatic carbocycles. The molecule has 1 aromatic carbocycles. The first kappa shape index (κ1) is 23.5. The normalized spacial score (nSPS) is 14.2. The first-order chi connectivity index (χ1) is 17.2. The van der Waals surface area contributed by atoms with E-state index >= 15 is 0 Å². The van der Waals surface area contributed by atoms with Gasteiger partial charge < -0.3 is 24.7 Å². The second kappa shape index (κ2) is 9.46. The fraction of sp³-hybridized carbons (Fsp3) is 0.250. The fourth-order valence-electron chi connectivity index (χ4n) is 3.84. The molecule has 0 atom stereocenters. The maximum atomic E-state index is 13.4. The summed E-state index contributed by atoms with van der Waals surface area (Å²) >= 11 is 0. The van der Waals surface area contributed by atoms with E-state index in [1.165, 1.54) is 13.0 Å². The van der Waals surface area contributed by atoms with Gasteiger partial charge in [0.2, 0.25) is 5.95 Å². The summed E-state index contributed by atoms with van der Waals surface area (Å²) in [4.78, 5) is 27.1. The number of ketones is 1. The zero-order valence-electron chi connectivity index (χ0n) is 19.2. The summed E-state index contributed by atoms with van der Waals surface area (Å²) in [6, 6.07) is 8.56. The number of imidazole rings is 1. The number of alkyl halides is 3. The van der Waals surface area contributed by atoms with Crippen LogP contribution in [0.15, 0.2) is 55.0 Å². The highest BCUT2D eigenvalue weighted by molar-refractivity contribution is 5.95. The molecule has 4 aromatic rings. The molecule has 36 heavy (non-hydrogen) atoms. The molecule has 0 spiro atoms. The van der Waals surface area contributed by atoms with E-state index in [1.807, 2.05) is 33.8 Å². The van der Waals surface area contributed by atoms with Crippen molar-refractivity contribution in [1.29, 1.82) is 0 Å². The lowest BCUT2D eigenvalue weighted by atomic mass is 10.1. The summed E-state index contributed by atoms with van der Waals surface area (Å²) in [6.45, 7) is 3.48. The number of aromatic nitrogens is 4. The number of halogens is 3. The van der Waals surface area contributed by atoms with E-state index in [4.69, 9.17) is 4.74 Å². The summed E-state index contributed by atoms with van der Waals surface area (Å²) in [5, 5.41) is 6.07. The molecule has 0 bridgehead atoms. The number of hydrogen-bond acceptors (Lipinski definition) is 8. The van der Waals surface area contributed by atoms with Gasteiger partial charge in [0.15, 0.2) is 5.78 Å². The molecule has 3 aromatic heterocycles. The number of carbonyl (C=O) groups is 1. The Morgan fingerprint density at radius 1 is 1.00 bits per heavy atom. The molecule has 0 unspecified atom stereocenters. The third-order valence-electron chi connectivity index (χ3n) is 5.64. The van der Waals surface area contributed by atoms with Gasteiger partial charge in [-0.05, 0) is 31.2 Å². The van der Waals surface area contributed by atoms with Gasteiger partial charge in [-0.2, -0.15) is 23.1 Å². The Balaban J connectivity index is 1.51. The molecular formula is C24H22F3N7O2. The summed E-state index contributed by atoms with van der Waals surface area (Å²) in [6.07, 6.45) is 0.746. The van der Waals surface area contributed by atoms with Gasteiger partial charge in [-0.1, -0.05) is 0 Å². The van der Waals surface area contributed by atoms with Crippen LogP contribution in [0.5, 0.6) is 0 Å². The molecule has 2 N–H and O–H groups in total. The number of rotatable bonds is 6. The Morgan fingerprint density at radius 2 is 1.81 bits per heavy atom. The Labute approximate surface area is 204 Å². The summed E-state index contributed by atoms with van der Waals surface area (Å²) in [7, 11) is 0. The van der Waals surface area contributed by atoms with Crippen LogP contribution in [0.25, 0.3) is 5.65 Å². The van der Waals surface area contributed by atoms with Crippen LogP contribution in [0.3, 0.4) is 0 Å². The van der Waals surface area contributed by atoms with Crippen molar-refractivity contribution in [3.8, 4) is 0 Å². The van der Waals surface area contributed by atoms with E-state index in [1.54, 1.807) is 12.3 Å². The van der Waals surface area contributed by atoms with Gasteiger partial charge in [-0.25, -0.2) is 4.98 Å². The molecule has 9 nitrogen and oxygen atoms in total. The Bertz CT molecular complexity index is 1410.